The summed E-state index contributed by atoms with van der Waals surface area (Å²) in [6.07, 6.45) is 0. The van der Waals surface area contributed by atoms with E-state index in [1.54, 1.807) is 4.13 Å². The van der Waals surface area contributed by atoms with Gasteiger partial charge in [-0.1, -0.05) is 22.3 Å². The Hall–Kier alpha value is -3.95. The van der Waals surface area contributed by atoms with Crippen LogP contribution in [0.2, 0.25) is 0 Å². The van der Waals surface area contributed by atoms with Gasteiger partial charge in [0.1, 0.15) is 18.9 Å². The molecule has 0 amide bonds. The molecule has 196 valence electrons. The fourth-order valence-electron chi connectivity index (χ4n) is 3.84. The lowest BCUT2D eigenvalue weighted by atomic mass is 10.1. The summed E-state index contributed by atoms with van der Waals surface area (Å²) < 4.78 is 79.2. The van der Waals surface area contributed by atoms with Gasteiger partial charge in [0.25, 0.3) is 10.0 Å². The van der Waals surface area contributed by atoms with Crippen molar-refractivity contribution in [2.75, 3.05) is 24.6 Å². The molecular formula is C22H20FN3O9S2. The van der Waals surface area contributed by atoms with Gasteiger partial charge in [-0.25, -0.2) is 26.7 Å². The molecule has 2 aromatic carbocycles. The molecule has 0 radical (unpaired) electrons. The van der Waals surface area contributed by atoms with E-state index in [1.165, 1.54) is 54.1 Å². The van der Waals surface area contributed by atoms with Gasteiger partial charge >= 0.3 is 22.1 Å². The molecule has 1 aromatic heterocycles. The zero-order valence-electron chi connectivity index (χ0n) is 19.1. The maximum Gasteiger partial charge on any atom is 0.352 e. The molecule has 2 heterocycles. The zero-order chi connectivity index (χ0) is 27.0. The Kier molecular flexibility index (Phi) is 6.94. The fraction of sp³-hybridized carbons (Fsp3) is 0.182. The van der Waals surface area contributed by atoms with E-state index < -0.39 is 50.3 Å². The Balaban J connectivity index is 1.71. The van der Waals surface area contributed by atoms with Gasteiger partial charge in [0.15, 0.2) is 11.5 Å². The van der Waals surface area contributed by atoms with E-state index in [4.69, 9.17) is 9.47 Å². The number of sulfonamides is 1. The summed E-state index contributed by atoms with van der Waals surface area (Å²) in [5, 5.41) is 9.35. The topological polar surface area (TPSA) is 161 Å². The van der Waals surface area contributed by atoms with Crippen molar-refractivity contribution in [2.45, 2.75) is 11.4 Å². The number of halogens is 1. The molecule has 0 unspecified atom stereocenters. The minimum atomic E-state index is -4.89. The number of nitrogens with one attached hydrogen (secondary N) is 1. The number of carboxylic acids is 1. The lowest BCUT2D eigenvalue weighted by Gasteiger charge is -2.22. The molecule has 0 saturated heterocycles. The number of carbonyl (C=O) groups is 2. The first-order chi connectivity index (χ1) is 17.5. The van der Waals surface area contributed by atoms with E-state index in [2.05, 4.69) is 0 Å². The van der Waals surface area contributed by atoms with Gasteiger partial charge < -0.3 is 19.1 Å². The van der Waals surface area contributed by atoms with Crippen LogP contribution in [0.1, 0.15) is 10.5 Å². The normalized spacial score (nSPS) is 13.7. The highest BCUT2D eigenvalue weighted by Crippen LogP contribution is 2.40. The Bertz CT molecular complexity index is 1600. The number of para-hydroxylation sites is 1. The molecule has 0 spiro atoms. The first-order valence-corrected chi connectivity index (χ1v) is 13.4. The minimum absolute atomic E-state index is 0.0322. The van der Waals surface area contributed by atoms with Gasteiger partial charge in [-0.15, -0.1) is 0 Å². The number of nitrogens with zero attached hydrogens (tertiary/aromatic N) is 2. The highest BCUT2D eigenvalue weighted by molar-refractivity contribution is 8.05. The average Bonchev–Trinajstić information content (AvgIpc) is 3.23. The average molecular weight is 554 g/mol. The number of aromatic nitrogens is 1. The quantitative estimate of drug-likeness (QED) is 0.297. The molecule has 1 aliphatic rings. The molecule has 37 heavy (non-hydrogen) atoms. The monoisotopic (exact) mass is 553 g/mol. The minimum Gasteiger partial charge on any atom is -0.491 e. The van der Waals surface area contributed by atoms with Crippen molar-refractivity contribution in [2.24, 2.45) is 0 Å². The summed E-state index contributed by atoms with van der Waals surface area (Å²) in [7, 11) is -8.41. The first kappa shape index (κ1) is 26.1. The summed E-state index contributed by atoms with van der Waals surface area (Å²) in [6.45, 7) is -1.99. The smallest absolute Gasteiger partial charge is 0.352 e. The number of aromatic carboxylic acids is 1. The fourth-order valence-corrected chi connectivity index (χ4v) is 6.92. The third-order valence-electron chi connectivity index (χ3n) is 5.38. The zero-order valence-corrected chi connectivity index (χ0v) is 20.8. The molecule has 2 N–H and O–H groups in total. The number of rotatable bonds is 9. The van der Waals surface area contributed by atoms with Crippen LogP contribution in [0.5, 0.6) is 11.5 Å². The Morgan fingerprint density at radius 2 is 1.86 bits per heavy atom. The van der Waals surface area contributed by atoms with Crippen LogP contribution in [0, 0.1) is 0 Å². The first-order valence-electron chi connectivity index (χ1n) is 10.5. The number of alkyl halides is 1. The van der Waals surface area contributed by atoms with Crippen LogP contribution in [-0.2, 0) is 31.6 Å². The molecule has 2 bridgehead atoms. The third kappa shape index (κ3) is 5.00. The van der Waals surface area contributed by atoms with E-state index in [0.29, 0.717) is 4.31 Å². The molecule has 3 aromatic rings. The molecule has 0 atom stereocenters. The highest BCUT2D eigenvalue weighted by Gasteiger charge is 2.36. The number of anilines is 1. The molecule has 0 fully saturated rings. The van der Waals surface area contributed by atoms with Gasteiger partial charge in [0.2, 0.25) is 0 Å². The van der Waals surface area contributed by atoms with Crippen molar-refractivity contribution >= 4 is 37.9 Å². The van der Waals surface area contributed by atoms with Crippen LogP contribution in [-0.4, -0.2) is 58.8 Å². The van der Waals surface area contributed by atoms with Crippen LogP contribution in [0.15, 0.2) is 59.5 Å². The number of carboxylic acid groups (broad SMARTS) is 1. The van der Waals surface area contributed by atoms with Crippen LogP contribution in [0.4, 0.5) is 10.1 Å². The van der Waals surface area contributed by atoms with Crippen LogP contribution < -0.4 is 17.9 Å². The van der Waals surface area contributed by atoms with Crippen LogP contribution in [0.25, 0.3) is 11.3 Å². The van der Waals surface area contributed by atoms with Crippen LogP contribution >= 0.6 is 0 Å². The van der Waals surface area contributed by atoms with E-state index in [9.17, 15) is 35.9 Å². The number of benzene rings is 2. The number of esters is 1. The summed E-state index contributed by atoms with van der Waals surface area (Å²) in [5.41, 5.74) is 0.0964. The number of hydrogen-bond donors (Lipinski definition) is 2. The molecular weight excluding hydrogens is 533 g/mol. The number of methoxy groups -OCH3 is 1. The van der Waals surface area contributed by atoms with E-state index in [1.807, 2.05) is 0 Å². The second-order valence-electron chi connectivity index (χ2n) is 7.66. The lowest BCUT2D eigenvalue weighted by molar-refractivity contribution is -0.132. The SMILES string of the molecule is COc1c2cccc1N(S(=O)(=O)NS(=O)(=O)c1cccc(-c3ccc(C(=O)O)n3CCF)c1)CC(=O)O2. The number of fused-ring (bicyclic) bond motifs is 2. The van der Waals surface area contributed by atoms with Gasteiger partial charge in [-0.3, -0.25) is 0 Å². The molecule has 15 heteroatoms. The third-order valence-corrected chi connectivity index (χ3v) is 8.88. The second kappa shape index (κ2) is 9.84. The summed E-state index contributed by atoms with van der Waals surface area (Å²) in [5.74, 6) is -2.38. The van der Waals surface area contributed by atoms with Gasteiger partial charge in [0, 0.05) is 5.69 Å². The largest absolute Gasteiger partial charge is 0.491 e. The summed E-state index contributed by atoms with van der Waals surface area (Å²) in [6, 6.07) is 11.8. The predicted molar refractivity (Wildman–Crippen MR) is 128 cm³/mol. The van der Waals surface area contributed by atoms with E-state index in [0.717, 1.165) is 12.1 Å². The van der Waals surface area contributed by atoms with Gasteiger partial charge in [-0.2, -0.15) is 8.42 Å². The summed E-state index contributed by atoms with van der Waals surface area (Å²) in [4.78, 5) is 23.2. The standard InChI is InChI=1S/C22H20FN3O9S2/c1-34-21-17-6-3-7-19(21)35-20(27)13-26(17)37(32,33)24-36(30,31)15-5-2-4-14(12-15)16-8-9-18(22(28)29)25(16)11-10-23/h2-9,12,24H,10-11,13H2,1H3,(H,28,29). The van der Waals surface area contributed by atoms with Gasteiger partial charge in [0.05, 0.1) is 24.2 Å². The van der Waals surface area contributed by atoms with Crippen molar-refractivity contribution < 1.29 is 45.4 Å². The van der Waals surface area contributed by atoms with Crippen molar-refractivity contribution in [3.63, 3.8) is 0 Å². The molecule has 1 aliphatic heterocycles. The molecule has 0 aliphatic carbocycles. The molecule has 0 saturated carbocycles. The van der Waals surface area contributed by atoms with E-state index >= 15 is 0 Å². The molecule has 4 rings (SSSR count). The van der Waals surface area contributed by atoms with Crippen molar-refractivity contribution in [3.05, 3.63) is 60.3 Å². The number of hydrogen-bond acceptors (Lipinski definition) is 8. The maximum atomic E-state index is 13.2. The van der Waals surface area contributed by atoms with Crippen molar-refractivity contribution in [1.29, 1.82) is 0 Å². The number of carbonyl (C=O) groups excluding carboxylic acids is 1. The Labute approximate surface area is 211 Å². The number of ether oxygens (including phenoxy) is 2. The van der Waals surface area contributed by atoms with Crippen molar-refractivity contribution in [3.8, 4) is 22.8 Å². The Morgan fingerprint density at radius 3 is 2.54 bits per heavy atom. The predicted octanol–water partition coefficient (Wildman–Crippen LogP) is 1.78. The van der Waals surface area contributed by atoms with E-state index in [-0.39, 0.29) is 40.7 Å². The lowest BCUT2D eigenvalue weighted by Crippen LogP contribution is -2.46. The highest BCUT2D eigenvalue weighted by atomic mass is 32.3. The second-order valence-corrected chi connectivity index (χ2v) is 11.2. The summed E-state index contributed by atoms with van der Waals surface area (Å²) >= 11 is 0. The van der Waals surface area contributed by atoms with Crippen molar-refractivity contribution in [1.82, 2.24) is 8.69 Å². The van der Waals surface area contributed by atoms with Gasteiger partial charge in [-0.05, 0) is 42.0 Å². The van der Waals surface area contributed by atoms with Crippen LogP contribution in [0.3, 0.4) is 0 Å². The maximum absolute atomic E-state index is 13.2. The molecule has 12 nitrogen and oxygen atoms in total. The Morgan fingerprint density at radius 1 is 1.14 bits per heavy atom.